The third-order valence-corrected chi connectivity index (χ3v) is 7.09. The van der Waals surface area contributed by atoms with Crippen molar-refractivity contribution in [1.29, 1.82) is 0 Å². The van der Waals surface area contributed by atoms with Crippen LogP contribution in [0.5, 0.6) is 17.5 Å². The minimum Gasteiger partial charge on any atom is -0.494 e. The van der Waals surface area contributed by atoms with Crippen LogP contribution in [-0.2, 0) is 25.7 Å². The number of methoxy groups -OCH3 is 1. The van der Waals surface area contributed by atoms with Gasteiger partial charge in [-0.15, -0.1) is 0 Å². The molecule has 1 atom stereocenters. The Labute approximate surface area is 290 Å². The normalized spacial score (nSPS) is 14.1. The van der Waals surface area contributed by atoms with Crippen LogP contribution in [0.3, 0.4) is 0 Å². The van der Waals surface area contributed by atoms with Gasteiger partial charge < -0.3 is 45.5 Å². The zero-order chi connectivity index (χ0) is 36.8. The van der Waals surface area contributed by atoms with Crippen molar-refractivity contribution in [1.82, 2.24) is 30.9 Å². The molecule has 2 aromatic carbocycles. The topological polar surface area (TPSA) is 204 Å². The molecule has 2 aliphatic heterocycles. The number of ether oxygens (including phenoxy) is 4. The molecule has 0 aliphatic carbocycles. The number of hydrogen-bond donors (Lipinski definition) is 5. The number of carbonyl (C=O) groups is 4. The third kappa shape index (κ3) is 12.2. The Balaban J connectivity index is 1.62. The van der Waals surface area contributed by atoms with Gasteiger partial charge in [-0.05, 0) is 55.5 Å². The Hall–Kier alpha value is -5.88. The number of amides is 3. The fourth-order valence-electron chi connectivity index (χ4n) is 4.51. The predicted octanol–water partition coefficient (Wildman–Crippen LogP) is 2.63. The maximum Gasteiger partial charge on any atom is 0.422 e. The Morgan fingerprint density at radius 3 is 2.31 bits per heavy atom. The summed E-state index contributed by atoms with van der Waals surface area (Å²) in [7, 11) is 2.35. The van der Waals surface area contributed by atoms with Crippen molar-refractivity contribution in [2.45, 2.75) is 44.4 Å². The van der Waals surface area contributed by atoms with Crippen LogP contribution < -0.4 is 40.8 Å². The number of aromatic nitrogens is 3. The van der Waals surface area contributed by atoms with Gasteiger partial charge in [0.25, 0.3) is 5.91 Å². The largest absolute Gasteiger partial charge is 0.494 e. The lowest BCUT2D eigenvalue weighted by Crippen LogP contribution is -2.51. The molecule has 0 radical (unpaired) electrons. The van der Waals surface area contributed by atoms with Crippen LogP contribution in [0.15, 0.2) is 42.5 Å². The average molecular weight is 719 g/mol. The number of rotatable bonds is 7. The number of benzene rings is 2. The van der Waals surface area contributed by atoms with Gasteiger partial charge in [0.1, 0.15) is 17.5 Å². The molecule has 3 heterocycles. The summed E-state index contributed by atoms with van der Waals surface area (Å²) in [4.78, 5) is 61.6. The maximum absolute atomic E-state index is 13.5. The molecule has 3 aromatic rings. The molecule has 5 N–H and O–H groups in total. The highest BCUT2D eigenvalue weighted by atomic mass is 19.4. The van der Waals surface area contributed by atoms with Crippen molar-refractivity contribution >= 4 is 41.3 Å². The smallest absolute Gasteiger partial charge is 0.422 e. The maximum atomic E-state index is 13.5. The van der Waals surface area contributed by atoms with E-state index >= 15 is 0 Å². The summed E-state index contributed by atoms with van der Waals surface area (Å²) >= 11 is 0. The highest BCUT2D eigenvalue weighted by Gasteiger charge is 2.29. The first kappa shape index (κ1) is 37.9. The molecule has 1 unspecified atom stereocenters. The first-order valence-electron chi connectivity index (χ1n) is 15.8. The molecule has 3 amide bonds. The van der Waals surface area contributed by atoms with Gasteiger partial charge in [-0.3, -0.25) is 14.4 Å². The van der Waals surface area contributed by atoms with Crippen molar-refractivity contribution in [3.8, 4) is 17.5 Å². The van der Waals surface area contributed by atoms with E-state index < -0.39 is 55.1 Å². The highest BCUT2D eigenvalue weighted by molar-refractivity contribution is 6.35. The first-order chi connectivity index (χ1) is 24.4. The van der Waals surface area contributed by atoms with Crippen LogP contribution in [0, 0.1) is 0 Å². The van der Waals surface area contributed by atoms with Gasteiger partial charge in [0.2, 0.25) is 11.9 Å². The van der Waals surface area contributed by atoms with Gasteiger partial charge in [0.05, 0.1) is 25.9 Å². The summed E-state index contributed by atoms with van der Waals surface area (Å²) in [5.74, 6) is -3.15. The lowest BCUT2D eigenvalue weighted by atomic mass is 10.1. The van der Waals surface area contributed by atoms with Crippen LogP contribution in [0.4, 0.5) is 30.8 Å². The van der Waals surface area contributed by atoms with Crippen LogP contribution in [0.1, 0.15) is 41.6 Å². The van der Waals surface area contributed by atoms with Crippen LogP contribution in [-0.4, -0.2) is 91.4 Å². The summed E-state index contributed by atoms with van der Waals surface area (Å²) in [6, 6.07) is 9.58. The fraction of sp³-hybridized carbons (Fsp3) is 0.406. The minimum absolute atomic E-state index is 0.00407. The molecule has 5 rings (SSSR count). The zero-order valence-corrected chi connectivity index (χ0v) is 27.7. The Morgan fingerprint density at radius 2 is 1.63 bits per heavy atom. The second kappa shape index (κ2) is 18.2. The quantitative estimate of drug-likeness (QED) is 0.176. The van der Waals surface area contributed by atoms with Crippen LogP contribution in [0.25, 0.3) is 0 Å². The molecule has 0 spiro atoms. The standard InChI is InChI=1S/C32H37F3N8O8/c1-36-26(45)27(46)37-17-23(28(47)48-2)40-25(44)22-12-9-20-15-24(22)50-14-6-4-3-5-13-49-21-10-7-19(8-11-21)16-38-29-41-30(39-20)43-31(42-29)51-18-32(33,34)35/h7-12,15,23H,3-6,13-14,16-18H2,1-2H3,(H,36,45)(H,37,46)(H,40,44)(H2,38,39,41,42,43). The third-order valence-electron chi connectivity index (χ3n) is 7.09. The lowest BCUT2D eigenvalue weighted by Gasteiger charge is -2.19. The van der Waals surface area contributed by atoms with Crippen molar-refractivity contribution in [3.05, 3.63) is 53.6 Å². The number of anilines is 3. The monoisotopic (exact) mass is 718 g/mol. The van der Waals surface area contributed by atoms with E-state index in [1.54, 1.807) is 12.1 Å². The molecule has 0 saturated carbocycles. The highest BCUT2D eigenvalue weighted by Crippen LogP contribution is 2.27. The van der Waals surface area contributed by atoms with Gasteiger partial charge in [-0.2, -0.15) is 28.1 Å². The fourth-order valence-corrected chi connectivity index (χ4v) is 4.51. The molecular formula is C32H37F3N8O8. The van der Waals surface area contributed by atoms with E-state index in [9.17, 15) is 32.3 Å². The number of nitrogens with one attached hydrogen (secondary N) is 5. The summed E-state index contributed by atoms with van der Waals surface area (Å²) in [5.41, 5.74) is 1.09. The van der Waals surface area contributed by atoms with E-state index in [4.69, 9.17) is 18.9 Å². The van der Waals surface area contributed by atoms with E-state index in [0.717, 1.165) is 31.9 Å². The van der Waals surface area contributed by atoms with Crippen molar-refractivity contribution < 1.29 is 51.3 Å². The average Bonchev–Trinajstić information content (AvgIpc) is 3.11. The summed E-state index contributed by atoms with van der Waals surface area (Å²) in [6.45, 7) is -1.18. The second-order valence-electron chi connectivity index (χ2n) is 11.0. The number of likely N-dealkylation sites (N-methyl/N-ethyl adjacent to an activating group) is 1. The number of esters is 1. The van der Waals surface area contributed by atoms with Gasteiger partial charge in [0.15, 0.2) is 6.61 Å². The minimum atomic E-state index is -4.65. The van der Waals surface area contributed by atoms with E-state index in [1.807, 2.05) is 12.1 Å². The molecule has 274 valence electrons. The summed E-state index contributed by atoms with van der Waals surface area (Å²) in [5, 5.41) is 12.7. The molecule has 51 heavy (non-hydrogen) atoms. The Morgan fingerprint density at radius 1 is 0.922 bits per heavy atom. The van der Waals surface area contributed by atoms with Crippen LogP contribution in [0.2, 0.25) is 0 Å². The number of hydrogen-bond acceptors (Lipinski definition) is 13. The van der Waals surface area contributed by atoms with Crippen molar-refractivity contribution in [2.24, 2.45) is 0 Å². The molecule has 1 aromatic heterocycles. The first-order valence-corrected chi connectivity index (χ1v) is 15.8. The Kier molecular flexibility index (Phi) is 13.5. The number of fused-ring (bicyclic) bond motifs is 10. The summed E-state index contributed by atoms with van der Waals surface area (Å²) < 4.78 is 60.2. The number of nitrogens with zero attached hydrogens (tertiary/aromatic N) is 3. The van der Waals surface area contributed by atoms with Gasteiger partial charge >= 0.3 is 30.0 Å². The molecule has 0 saturated heterocycles. The van der Waals surface area contributed by atoms with E-state index in [1.165, 1.54) is 25.2 Å². The molecule has 19 heteroatoms. The predicted molar refractivity (Wildman–Crippen MR) is 175 cm³/mol. The lowest BCUT2D eigenvalue weighted by molar-refractivity contribution is -0.154. The summed E-state index contributed by atoms with van der Waals surface area (Å²) in [6.07, 6.45) is -1.60. The van der Waals surface area contributed by atoms with Gasteiger partial charge in [-0.25, -0.2) is 4.79 Å². The van der Waals surface area contributed by atoms with Gasteiger partial charge in [0, 0.05) is 31.9 Å². The van der Waals surface area contributed by atoms with Crippen LogP contribution >= 0.6 is 0 Å². The molecule has 0 fully saturated rings. The van der Waals surface area contributed by atoms with E-state index in [-0.39, 0.29) is 42.0 Å². The molecule has 6 bridgehead atoms. The van der Waals surface area contributed by atoms with E-state index in [0.29, 0.717) is 18.8 Å². The molecule has 16 nitrogen and oxygen atoms in total. The van der Waals surface area contributed by atoms with Crippen molar-refractivity contribution in [2.75, 3.05) is 51.2 Å². The van der Waals surface area contributed by atoms with Crippen molar-refractivity contribution in [3.63, 3.8) is 0 Å². The SMILES string of the molecule is CNC(=O)C(=O)NCC(NC(=O)c1ccc2cc1OCCCCCCOc1ccc(cc1)CNc1nc(nc(OCC(F)(F)F)n1)N2)C(=O)OC. The number of halogens is 3. The molecular weight excluding hydrogens is 681 g/mol. The Bertz CT molecular complexity index is 1680. The number of carbonyl (C=O) groups excluding carboxylic acids is 4. The number of alkyl halides is 3. The molecule has 2 aliphatic rings. The van der Waals surface area contributed by atoms with Gasteiger partial charge in [-0.1, -0.05) is 12.1 Å². The van der Waals surface area contributed by atoms with E-state index in [2.05, 4.69) is 41.5 Å². The second-order valence-corrected chi connectivity index (χ2v) is 11.0. The zero-order valence-electron chi connectivity index (χ0n) is 27.7.